The first-order chi connectivity index (χ1) is 12.1. The predicted molar refractivity (Wildman–Crippen MR) is 93.8 cm³/mol. The fraction of sp³-hybridized carbons (Fsp3) is 0.650. The summed E-state index contributed by atoms with van der Waals surface area (Å²) < 4.78 is 17.9. The minimum Gasteiger partial charge on any atom is -1.00 e. The molecule has 146 valence electrons. The molecule has 1 aliphatic carbocycles. The van der Waals surface area contributed by atoms with Crippen LogP contribution in [0, 0.1) is 5.92 Å². The van der Waals surface area contributed by atoms with Crippen LogP contribution in [-0.2, 0) is 25.4 Å². The van der Waals surface area contributed by atoms with Gasteiger partial charge in [-0.15, -0.1) is 0 Å². The smallest absolute Gasteiger partial charge is 0.367 e. The van der Waals surface area contributed by atoms with Gasteiger partial charge in [0, 0.05) is 5.92 Å². The highest BCUT2D eigenvalue weighted by atomic mass is 35.5. The van der Waals surface area contributed by atoms with Crippen LogP contribution in [0.25, 0.3) is 0 Å². The van der Waals surface area contributed by atoms with E-state index in [4.69, 9.17) is 14.2 Å². The third-order valence-electron chi connectivity index (χ3n) is 5.21. The third-order valence-corrected chi connectivity index (χ3v) is 5.21. The van der Waals surface area contributed by atoms with E-state index in [9.17, 15) is 4.79 Å². The van der Waals surface area contributed by atoms with E-state index < -0.39 is 6.04 Å². The Balaban J connectivity index is 0.00000243. The number of quaternary nitrogens is 1. The van der Waals surface area contributed by atoms with Gasteiger partial charge in [-0.05, 0) is 31.7 Å². The maximum absolute atomic E-state index is 12.2. The summed E-state index contributed by atoms with van der Waals surface area (Å²) in [6.45, 7) is 2.79. The Morgan fingerprint density at radius 1 is 1.15 bits per heavy atom. The predicted octanol–water partition coefficient (Wildman–Crippen LogP) is -1.25. The Kier molecular flexibility index (Phi) is 8.35. The van der Waals surface area contributed by atoms with Crippen molar-refractivity contribution >= 4 is 5.97 Å². The number of esters is 1. The lowest BCUT2D eigenvalue weighted by Gasteiger charge is -2.33. The highest BCUT2D eigenvalue weighted by Gasteiger charge is 2.36. The minimum atomic E-state index is -0.481. The molecule has 0 spiro atoms. The van der Waals surface area contributed by atoms with Crippen LogP contribution in [0.1, 0.15) is 38.2 Å². The van der Waals surface area contributed by atoms with Crippen LogP contribution in [0.2, 0.25) is 0 Å². The molecule has 3 N–H and O–H groups in total. The molecule has 5 nitrogen and oxygen atoms in total. The molecule has 1 aliphatic heterocycles. The van der Waals surface area contributed by atoms with E-state index in [1.54, 1.807) is 0 Å². The number of rotatable bonds is 4. The van der Waals surface area contributed by atoms with Gasteiger partial charge in [0.15, 0.2) is 0 Å². The molecule has 1 saturated carbocycles. The monoisotopic (exact) mass is 383 g/mol. The Morgan fingerprint density at radius 2 is 1.85 bits per heavy atom. The molecule has 0 amide bonds. The number of benzene rings is 1. The molecule has 3 rings (SSSR count). The van der Waals surface area contributed by atoms with Crippen LogP contribution in [0.15, 0.2) is 30.3 Å². The molecule has 0 aromatic heterocycles. The number of hydrogen-bond acceptors (Lipinski definition) is 4. The standard InChI is InChI=1S/C20H29NO4.ClH/c1-14-19(25-17-9-5-6-10-17)16(11-15-7-3-2-4-8-15)12-23-13-18(21)20(22)24-14;/h2-4,7-8,14,16-19H,5-6,9-13,21H2,1H3;1H/t14-,16-,18-,19-;/m0./s1. The zero-order valence-corrected chi connectivity index (χ0v) is 16.2. The summed E-state index contributed by atoms with van der Waals surface area (Å²) in [6.07, 6.45) is 5.27. The van der Waals surface area contributed by atoms with Crippen molar-refractivity contribution in [1.29, 1.82) is 0 Å². The molecular formula is C20H30ClNO4. The molecule has 0 unspecified atom stereocenters. The van der Waals surface area contributed by atoms with Crippen LogP contribution in [0.3, 0.4) is 0 Å². The van der Waals surface area contributed by atoms with Gasteiger partial charge in [0.1, 0.15) is 12.7 Å². The number of carbonyl (C=O) groups excluding carboxylic acids is 1. The summed E-state index contributed by atoms with van der Waals surface area (Å²) in [5, 5.41) is 0. The first-order valence-electron chi connectivity index (χ1n) is 9.44. The van der Waals surface area contributed by atoms with Crippen molar-refractivity contribution in [1.82, 2.24) is 0 Å². The van der Waals surface area contributed by atoms with Crippen LogP contribution in [-0.4, -0.2) is 43.5 Å². The van der Waals surface area contributed by atoms with Crippen LogP contribution >= 0.6 is 0 Å². The summed E-state index contributed by atoms with van der Waals surface area (Å²) in [7, 11) is 0. The number of halogens is 1. The zero-order chi connectivity index (χ0) is 17.6. The quantitative estimate of drug-likeness (QED) is 0.659. The Bertz CT molecular complexity index is 550. The molecule has 6 heteroatoms. The molecule has 1 aromatic rings. The molecule has 2 aliphatic rings. The third kappa shape index (κ3) is 5.68. The van der Waals surface area contributed by atoms with E-state index >= 15 is 0 Å². The van der Waals surface area contributed by atoms with E-state index in [1.807, 2.05) is 25.1 Å². The molecule has 2 fully saturated rings. The number of cyclic esters (lactones) is 1. The second-order valence-corrected chi connectivity index (χ2v) is 7.33. The van der Waals surface area contributed by atoms with Gasteiger partial charge in [0.2, 0.25) is 6.04 Å². The van der Waals surface area contributed by atoms with Gasteiger partial charge in [0.25, 0.3) is 0 Å². The lowest BCUT2D eigenvalue weighted by Crippen LogP contribution is -3.00. The molecule has 1 aromatic carbocycles. The van der Waals surface area contributed by atoms with Crippen LogP contribution < -0.4 is 18.1 Å². The highest BCUT2D eigenvalue weighted by Crippen LogP contribution is 2.28. The first kappa shape index (κ1) is 21.2. The Labute approximate surface area is 162 Å². The molecule has 1 heterocycles. The second-order valence-electron chi connectivity index (χ2n) is 7.33. The van der Waals surface area contributed by atoms with Crippen molar-refractivity contribution in [2.75, 3.05) is 13.2 Å². The lowest BCUT2D eigenvalue weighted by molar-refractivity contribution is -0.415. The van der Waals surface area contributed by atoms with E-state index in [-0.39, 0.29) is 42.6 Å². The van der Waals surface area contributed by atoms with Gasteiger partial charge < -0.3 is 32.4 Å². The average molecular weight is 384 g/mol. The molecule has 1 saturated heterocycles. The summed E-state index contributed by atoms with van der Waals surface area (Å²) in [4.78, 5) is 12.2. The fourth-order valence-electron chi connectivity index (χ4n) is 3.81. The maximum Gasteiger partial charge on any atom is 0.367 e. The van der Waals surface area contributed by atoms with Gasteiger partial charge in [0.05, 0.1) is 18.8 Å². The minimum absolute atomic E-state index is 0. The highest BCUT2D eigenvalue weighted by molar-refractivity contribution is 5.74. The van der Waals surface area contributed by atoms with Crippen molar-refractivity contribution < 1.29 is 37.1 Å². The van der Waals surface area contributed by atoms with E-state index in [1.165, 1.54) is 18.4 Å². The Morgan fingerprint density at radius 3 is 2.54 bits per heavy atom. The number of carbonyl (C=O) groups is 1. The van der Waals surface area contributed by atoms with Crippen molar-refractivity contribution in [3.63, 3.8) is 0 Å². The Hall–Kier alpha value is -1.14. The van der Waals surface area contributed by atoms with Gasteiger partial charge in [-0.25, -0.2) is 4.79 Å². The van der Waals surface area contributed by atoms with E-state index in [0.717, 1.165) is 19.3 Å². The summed E-state index contributed by atoms with van der Waals surface area (Å²) in [6, 6.07) is 9.89. The zero-order valence-electron chi connectivity index (χ0n) is 15.4. The lowest BCUT2D eigenvalue weighted by atomic mass is 9.91. The normalized spacial score (nSPS) is 30.6. The summed E-state index contributed by atoms with van der Waals surface area (Å²) in [5.74, 6) is -0.149. The van der Waals surface area contributed by atoms with Crippen molar-refractivity contribution in [3.05, 3.63) is 35.9 Å². The fourth-order valence-corrected chi connectivity index (χ4v) is 3.81. The summed E-state index contributed by atoms with van der Waals surface area (Å²) in [5.41, 5.74) is 5.10. The first-order valence-corrected chi connectivity index (χ1v) is 9.44. The molecule has 0 radical (unpaired) electrons. The topological polar surface area (TPSA) is 72.4 Å². The maximum atomic E-state index is 12.2. The second kappa shape index (κ2) is 10.3. The van der Waals surface area contributed by atoms with Crippen LogP contribution in [0.4, 0.5) is 0 Å². The van der Waals surface area contributed by atoms with Gasteiger partial charge >= 0.3 is 5.97 Å². The average Bonchev–Trinajstić information content (AvgIpc) is 3.13. The molecular weight excluding hydrogens is 354 g/mol. The largest absolute Gasteiger partial charge is 1.00 e. The van der Waals surface area contributed by atoms with Gasteiger partial charge in [-0.2, -0.15) is 0 Å². The van der Waals surface area contributed by atoms with Crippen molar-refractivity contribution in [2.24, 2.45) is 5.92 Å². The SMILES string of the molecule is C[C@@H]1OC(=O)[C@@H]([NH3+])COC[C@H](Cc2ccccc2)[C@H]1OC1CCCC1.[Cl-]. The number of ether oxygens (including phenoxy) is 3. The molecule has 26 heavy (non-hydrogen) atoms. The van der Waals surface area contributed by atoms with Gasteiger partial charge in [-0.3, -0.25) is 0 Å². The molecule has 4 atom stereocenters. The molecule has 0 bridgehead atoms. The number of hydrogen-bond donors (Lipinski definition) is 1. The van der Waals surface area contributed by atoms with Crippen LogP contribution in [0.5, 0.6) is 0 Å². The van der Waals surface area contributed by atoms with E-state index in [2.05, 4.69) is 17.9 Å². The summed E-state index contributed by atoms with van der Waals surface area (Å²) >= 11 is 0. The van der Waals surface area contributed by atoms with E-state index in [0.29, 0.717) is 13.2 Å². The van der Waals surface area contributed by atoms with Crippen molar-refractivity contribution in [2.45, 2.75) is 63.4 Å². The van der Waals surface area contributed by atoms with Gasteiger partial charge in [-0.1, -0.05) is 43.2 Å². The van der Waals surface area contributed by atoms with Crippen molar-refractivity contribution in [3.8, 4) is 0 Å².